The molecule has 2 N–H and O–H groups in total. The van der Waals surface area contributed by atoms with Crippen molar-refractivity contribution < 1.29 is 14.3 Å². The van der Waals surface area contributed by atoms with Crippen LogP contribution in [0.5, 0.6) is 5.75 Å². The molecule has 0 saturated carbocycles. The Morgan fingerprint density at radius 3 is 2.78 bits per heavy atom. The van der Waals surface area contributed by atoms with E-state index in [1.165, 1.54) is 0 Å². The number of nitrogens with one attached hydrogen (secondary N) is 2. The minimum atomic E-state index is -0.295. The van der Waals surface area contributed by atoms with E-state index in [2.05, 4.69) is 26.6 Å². The molecule has 6 heteroatoms. The molecule has 1 aromatic carbocycles. The highest BCUT2D eigenvalue weighted by molar-refractivity contribution is 9.10. The number of methoxy groups -OCH3 is 2. The number of benzene rings is 1. The Hall–Kier alpha value is -1.27. The molecule has 0 saturated heterocycles. The van der Waals surface area contributed by atoms with E-state index in [4.69, 9.17) is 9.47 Å². The summed E-state index contributed by atoms with van der Waals surface area (Å²) in [6.45, 7) is 2.32. The van der Waals surface area contributed by atoms with Crippen LogP contribution in [-0.4, -0.2) is 32.9 Å². The largest absolute Gasteiger partial charge is 0.495 e. The first-order valence-corrected chi connectivity index (χ1v) is 6.26. The van der Waals surface area contributed by atoms with Crippen molar-refractivity contribution in [1.29, 1.82) is 0 Å². The predicted octanol–water partition coefficient (Wildman–Crippen LogP) is 2.61. The molecule has 18 heavy (non-hydrogen) atoms. The van der Waals surface area contributed by atoms with Gasteiger partial charge in [0.2, 0.25) is 0 Å². The number of carbonyl (C=O) groups is 1. The van der Waals surface area contributed by atoms with Crippen LogP contribution < -0.4 is 15.4 Å². The highest BCUT2D eigenvalue weighted by atomic mass is 79.9. The number of halogens is 1. The summed E-state index contributed by atoms with van der Waals surface area (Å²) in [6.07, 6.45) is 0. The van der Waals surface area contributed by atoms with Gasteiger partial charge in [0.15, 0.2) is 0 Å². The van der Waals surface area contributed by atoms with Crippen LogP contribution in [0.1, 0.15) is 6.92 Å². The summed E-state index contributed by atoms with van der Waals surface area (Å²) in [6, 6.07) is 5.04. The second-order valence-corrected chi connectivity index (χ2v) is 4.72. The van der Waals surface area contributed by atoms with Gasteiger partial charge in [0, 0.05) is 11.6 Å². The van der Waals surface area contributed by atoms with E-state index in [1.807, 2.05) is 13.0 Å². The van der Waals surface area contributed by atoms with E-state index in [-0.39, 0.29) is 12.1 Å². The monoisotopic (exact) mass is 316 g/mol. The second-order valence-electron chi connectivity index (χ2n) is 3.80. The van der Waals surface area contributed by atoms with Crippen LogP contribution in [0.15, 0.2) is 22.7 Å². The number of urea groups is 1. The average Bonchev–Trinajstić information content (AvgIpc) is 2.29. The molecule has 0 bridgehead atoms. The van der Waals surface area contributed by atoms with Crippen molar-refractivity contribution in [2.75, 3.05) is 26.1 Å². The van der Waals surface area contributed by atoms with E-state index < -0.39 is 0 Å². The molecule has 0 aliphatic carbocycles. The number of ether oxygens (including phenoxy) is 2. The fraction of sp³-hybridized carbons (Fsp3) is 0.417. The van der Waals surface area contributed by atoms with Crippen LogP contribution >= 0.6 is 15.9 Å². The summed E-state index contributed by atoms with van der Waals surface area (Å²) in [5, 5.41) is 5.49. The van der Waals surface area contributed by atoms with Gasteiger partial charge in [0.25, 0.3) is 0 Å². The van der Waals surface area contributed by atoms with Crippen molar-refractivity contribution in [3.05, 3.63) is 22.7 Å². The number of carbonyl (C=O) groups excluding carboxylic acids is 1. The molecular formula is C12H17BrN2O3. The summed E-state index contributed by atoms with van der Waals surface area (Å²) in [5.41, 5.74) is 0.606. The number of anilines is 1. The zero-order valence-electron chi connectivity index (χ0n) is 10.6. The molecule has 1 unspecified atom stereocenters. The Kier molecular flexibility index (Phi) is 5.94. The zero-order valence-corrected chi connectivity index (χ0v) is 12.2. The molecule has 0 radical (unpaired) electrons. The van der Waals surface area contributed by atoms with Crippen molar-refractivity contribution in [2.24, 2.45) is 0 Å². The number of amides is 2. The molecule has 1 aromatic rings. The molecule has 0 aliphatic heterocycles. The van der Waals surface area contributed by atoms with E-state index in [1.54, 1.807) is 26.4 Å². The lowest BCUT2D eigenvalue weighted by Gasteiger charge is -2.15. The normalized spacial score (nSPS) is 11.8. The van der Waals surface area contributed by atoms with Gasteiger partial charge >= 0.3 is 6.03 Å². The summed E-state index contributed by atoms with van der Waals surface area (Å²) < 4.78 is 11.0. The Labute approximate surface area is 115 Å². The van der Waals surface area contributed by atoms with Crippen LogP contribution in [0.2, 0.25) is 0 Å². The Morgan fingerprint density at radius 1 is 1.44 bits per heavy atom. The number of hydrogen-bond acceptors (Lipinski definition) is 3. The van der Waals surface area contributed by atoms with E-state index in [9.17, 15) is 4.79 Å². The van der Waals surface area contributed by atoms with Gasteiger partial charge in [-0.2, -0.15) is 0 Å². The maximum absolute atomic E-state index is 11.7. The van der Waals surface area contributed by atoms with E-state index in [0.29, 0.717) is 18.0 Å². The summed E-state index contributed by atoms with van der Waals surface area (Å²) in [5.74, 6) is 0.604. The highest BCUT2D eigenvalue weighted by Gasteiger charge is 2.10. The van der Waals surface area contributed by atoms with Gasteiger partial charge in [0.1, 0.15) is 5.75 Å². The quantitative estimate of drug-likeness (QED) is 0.878. The number of rotatable bonds is 5. The third kappa shape index (κ3) is 4.54. The molecule has 0 heterocycles. The molecule has 2 amide bonds. The van der Waals surface area contributed by atoms with Crippen LogP contribution in [0.4, 0.5) is 10.5 Å². The van der Waals surface area contributed by atoms with Crippen molar-refractivity contribution in [3.63, 3.8) is 0 Å². The molecule has 0 fully saturated rings. The summed E-state index contributed by atoms with van der Waals surface area (Å²) in [4.78, 5) is 11.7. The maximum atomic E-state index is 11.7. The minimum absolute atomic E-state index is 0.0619. The minimum Gasteiger partial charge on any atom is -0.495 e. The fourth-order valence-corrected chi connectivity index (χ4v) is 1.81. The zero-order chi connectivity index (χ0) is 13.5. The molecule has 0 aromatic heterocycles. The first-order chi connectivity index (χ1) is 8.56. The molecule has 0 aliphatic rings. The SMILES string of the molecule is COCC(C)NC(=O)Nc1cc(Br)ccc1OC. The molecule has 1 rings (SSSR count). The topological polar surface area (TPSA) is 59.6 Å². The van der Waals surface area contributed by atoms with Gasteiger partial charge in [-0.15, -0.1) is 0 Å². The summed E-state index contributed by atoms with van der Waals surface area (Å²) in [7, 11) is 3.15. The van der Waals surface area contributed by atoms with Gasteiger partial charge < -0.3 is 20.1 Å². The lowest BCUT2D eigenvalue weighted by atomic mass is 10.3. The Bertz CT molecular complexity index is 412. The van der Waals surface area contributed by atoms with Crippen molar-refractivity contribution >= 4 is 27.6 Å². The van der Waals surface area contributed by atoms with Gasteiger partial charge in [-0.3, -0.25) is 0 Å². The maximum Gasteiger partial charge on any atom is 0.319 e. The molecule has 5 nitrogen and oxygen atoms in total. The molecular weight excluding hydrogens is 300 g/mol. The predicted molar refractivity (Wildman–Crippen MR) is 74.2 cm³/mol. The van der Waals surface area contributed by atoms with Gasteiger partial charge in [0.05, 0.1) is 25.4 Å². The molecule has 100 valence electrons. The third-order valence-corrected chi connectivity index (χ3v) is 2.70. The van der Waals surface area contributed by atoms with Crippen LogP contribution in [-0.2, 0) is 4.74 Å². The van der Waals surface area contributed by atoms with Crippen molar-refractivity contribution in [3.8, 4) is 5.75 Å². The average molecular weight is 317 g/mol. The lowest BCUT2D eigenvalue weighted by molar-refractivity contribution is 0.173. The summed E-state index contributed by atoms with van der Waals surface area (Å²) >= 11 is 3.34. The van der Waals surface area contributed by atoms with Gasteiger partial charge in [-0.05, 0) is 25.1 Å². The smallest absolute Gasteiger partial charge is 0.319 e. The highest BCUT2D eigenvalue weighted by Crippen LogP contribution is 2.27. The van der Waals surface area contributed by atoms with Crippen molar-refractivity contribution in [2.45, 2.75) is 13.0 Å². The van der Waals surface area contributed by atoms with Crippen molar-refractivity contribution in [1.82, 2.24) is 5.32 Å². The lowest BCUT2D eigenvalue weighted by Crippen LogP contribution is -2.38. The van der Waals surface area contributed by atoms with E-state index in [0.717, 1.165) is 4.47 Å². The van der Waals surface area contributed by atoms with Crippen LogP contribution in [0.25, 0.3) is 0 Å². The second kappa shape index (κ2) is 7.23. The third-order valence-electron chi connectivity index (χ3n) is 2.20. The number of hydrogen-bond donors (Lipinski definition) is 2. The Morgan fingerprint density at radius 2 is 2.17 bits per heavy atom. The fourth-order valence-electron chi connectivity index (χ4n) is 1.45. The molecule has 1 atom stereocenters. The first-order valence-electron chi connectivity index (χ1n) is 5.46. The van der Waals surface area contributed by atoms with Gasteiger partial charge in [-0.25, -0.2) is 4.79 Å². The van der Waals surface area contributed by atoms with E-state index >= 15 is 0 Å². The first kappa shape index (κ1) is 14.8. The van der Waals surface area contributed by atoms with Gasteiger partial charge in [-0.1, -0.05) is 15.9 Å². The Balaban J connectivity index is 2.66. The van der Waals surface area contributed by atoms with Crippen LogP contribution in [0, 0.1) is 0 Å². The molecule has 0 spiro atoms. The standard InChI is InChI=1S/C12H17BrN2O3/c1-8(7-17-2)14-12(16)15-10-6-9(13)4-5-11(10)18-3/h4-6,8H,7H2,1-3H3,(H2,14,15,16). The van der Waals surface area contributed by atoms with Crippen LogP contribution in [0.3, 0.4) is 0 Å².